The molecule has 1 N–H and O–H groups in total. The minimum Gasteiger partial charge on any atom is -0.495 e. The summed E-state index contributed by atoms with van der Waals surface area (Å²) in [7, 11) is -0.285. The van der Waals surface area contributed by atoms with Crippen LogP contribution in [0, 0.1) is 0 Å². The van der Waals surface area contributed by atoms with Crippen molar-refractivity contribution in [2.24, 2.45) is 0 Å². The number of amides is 1. The Kier molecular flexibility index (Phi) is 7.26. The first kappa shape index (κ1) is 27.2. The van der Waals surface area contributed by atoms with E-state index < -0.39 is 27.3 Å². The van der Waals surface area contributed by atoms with Gasteiger partial charge in [0.2, 0.25) is 0 Å². The number of fused-ring (bicyclic) bond motifs is 1. The van der Waals surface area contributed by atoms with E-state index in [1.807, 2.05) is 24.3 Å². The highest BCUT2D eigenvalue weighted by Crippen LogP contribution is 2.47. The van der Waals surface area contributed by atoms with Crippen LogP contribution in [0.4, 0.5) is 0 Å². The third-order valence-electron chi connectivity index (χ3n) is 7.20. The van der Waals surface area contributed by atoms with E-state index in [1.165, 1.54) is 32.4 Å². The normalized spacial score (nSPS) is 18.5. The number of esters is 1. The minimum absolute atomic E-state index is 0.0122. The Labute approximate surface area is 231 Å². The molecule has 40 heavy (non-hydrogen) atoms. The largest absolute Gasteiger partial charge is 0.495 e. The fraction of sp³-hybridized carbons (Fsp3) is 0.241. The number of rotatable bonds is 8. The summed E-state index contributed by atoms with van der Waals surface area (Å²) in [6, 6.07) is 18.6. The van der Waals surface area contributed by atoms with Gasteiger partial charge in [-0.25, -0.2) is 18.1 Å². The van der Waals surface area contributed by atoms with E-state index in [-0.39, 0.29) is 22.4 Å². The molecule has 5 rings (SSSR count). The lowest BCUT2D eigenvalue weighted by Crippen LogP contribution is -2.52. The molecule has 10 nitrogen and oxygen atoms in total. The van der Waals surface area contributed by atoms with E-state index in [4.69, 9.17) is 14.2 Å². The summed E-state index contributed by atoms with van der Waals surface area (Å²) < 4.78 is 44.7. The number of nitrogens with one attached hydrogen (secondary N) is 1. The van der Waals surface area contributed by atoms with Crippen molar-refractivity contribution in [1.82, 2.24) is 14.7 Å². The van der Waals surface area contributed by atoms with Crippen molar-refractivity contribution in [2.75, 3.05) is 21.3 Å². The maximum absolute atomic E-state index is 13.5. The van der Waals surface area contributed by atoms with Gasteiger partial charge in [0.25, 0.3) is 15.9 Å². The molecular weight excluding hydrogens is 534 g/mol. The molecule has 0 bridgehead atoms. The van der Waals surface area contributed by atoms with Crippen molar-refractivity contribution in [1.29, 1.82) is 0 Å². The molecule has 0 aliphatic heterocycles. The average molecular weight is 562 g/mol. The molecule has 1 saturated carbocycles. The van der Waals surface area contributed by atoms with Gasteiger partial charge in [0.05, 0.1) is 36.9 Å². The van der Waals surface area contributed by atoms with Gasteiger partial charge in [-0.3, -0.25) is 14.6 Å². The molecule has 1 aliphatic rings. The second-order valence-electron chi connectivity index (χ2n) is 9.42. The van der Waals surface area contributed by atoms with Crippen LogP contribution < -0.4 is 9.46 Å². The zero-order valence-corrected chi connectivity index (χ0v) is 22.9. The van der Waals surface area contributed by atoms with Crippen molar-refractivity contribution in [2.45, 2.75) is 29.3 Å². The molecule has 2 heterocycles. The van der Waals surface area contributed by atoms with Crippen molar-refractivity contribution in [3.8, 4) is 17.0 Å². The standard InChI is InChI=1S/C29H27N3O7S/c1-37-19-16-29(17-19,28(34)39-3)18-10-13-25(38-2)26(15-18)40(35,36)32-27(33)24-12-11-21-20(7-6-9-23(21)31-24)22-8-4-5-14-30-22/h4-15,19H,16-17H2,1-3H3,(H,32,33). The number of benzene rings is 2. The predicted octanol–water partition coefficient (Wildman–Crippen LogP) is 3.64. The van der Waals surface area contributed by atoms with Gasteiger partial charge in [0.1, 0.15) is 16.3 Å². The Balaban J connectivity index is 1.47. The quantitative estimate of drug-likeness (QED) is 0.320. The van der Waals surface area contributed by atoms with E-state index in [1.54, 1.807) is 37.6 Å². The number of ether oxygens (including phenoxy) is 3. The number of hydrogen-bond acceptors (Lipinski definition) is 9. The minimum atomic E-state index is -4.43. The Bertz CT molecular complexity index is 1700. The first-order valence-corrected chi connectivity index (χ1v) is 13.9. The maximum Gasteiger partial charge on any atom is 0.316 e. The number of hydrogen-bond donors (Lipinski definition) is 1. The summed E-state index contributed by atoms with van der Waals surface area (Å²) in [5.41, 5.74) is 1.35. The van der Waals surface area contributed by atoms with Crippen molar-refractivity contribution in [3.05, 3.63) is 84.2 Å². The van der Waals surface area contributed by atoms with Crippen LogP contribution in [0.5, 0.6) is 5.75 Å². The number of pyridine rings is 2. The van der Waals surface area contributed by atoms with E-state index in [0.29, 0.717) is 23.9 Å². The van der Waals surface area contributed by atoms with Gasteiger partial charge in [0.15, 0.2) is 0 Å². The first-order chi connectivity index (χ1) is 19.2. The topological polar surface area (TPSA) is 134 Å². The molecule has 1 aliphatic carbocycles. The van der Waals surface area contributed by atoms with Crippen LogP contribution in [0.1, 0.15) is 28.9 Å². The molecule has 1 fully saturated rings. The molecule has 206 valence electrons. The van der Waals surface area contributed by atoms with Crippen molar-refractivity contribution < 1.29 is 32.2 Å². The van der Waals surface area contributed by atoms with Crippen LogP contribution in [-0.2, 0) is 29.7 Å². The Hall–Kier alpha value is -4.35. The molecular formula is C29H27N3O7S. The summed E-state index contributed by atoms with van der Waals surface area (Å²) in [6.07, 6.45) is 2.18. The van der Waals surface area contributed by atoms with Gasteiger partial charge >= 0.3 is 5.97 Å². The zero-order chi connectivity index (χ0) is 28.5. The highest BCUT2D eigenvalue weighted by Gasteiger charge is 2.53. The summed E-state index contributed by atoms with van der Waals surface area (Å²) in [6.45, 7) is 0. The Morgan fingerprint density at radius 3 is 2.45 bits per heavy atom. The van der Waals surface area contributed by atoms with E-state index in [9.17, 15) is 18.0 Å². The van der Waals surface area contributed by atoms with Gasteiger partial charge in [-0.15, -0.1) is 0 Å². The van der Waals surface area contributed by atoms with Gasteiger partial charge < -0.3 is 14.2 Å². The molecule has 11 heteroatoms. The third-order valence-corrected chi connectivity index (χ3v) is 8.55. The lowest BCUT2D eigenvalue weighted by Gasteiger charge is -2.44. The number of aromatic nitrogens is 2. The summed E-state index contributed by atoms with van der Waals surface area (Å²) in [4.78, 5) is 34.4. The van der Waals surface area contributed by atoms with Gasteiger partial charge in [0, 0.05) is 24.3 Å². The molecule has 1 amide bonds. The highest BCUT2D eigenvalue weighted by molar-refractivity contribution is 7.90. The molecule has 4 aromatic rings. The van der Waals surface area contributed by atoms with Crippen LogP contribution >= 0.6 is 0 Å². The number of sulfonamides is 1. The predicted molar refractivity (Wildman–Crippen MR) is 146 cm³/mol. The highest BCUT2D eigenvalue weighted by atomic mass is 32.2. The third kappa shape index (κ3) is 4.78. The van der Waals surface area contributed by atoms with Gasteiger partial charge in [-0.1, -0.05) is 24.3 Å². The molecule has 2 aromatic carbocycles. The van der Waals surface area contributed by atoms with Crippen LogP contribution in [-0.4, -0.2) is 57.7 Å². The number of carbonyl (C=O) groups is 2. The van der Waals surface area contributed by atoms with E-state index >= 15 is 0 Å². The average Bonchev–Trinajstić information content (AvgIpc) is 2.96. The fourth-order valence-electron chi connectivity index (χ4n) is 5.04. The van der Waals surface area contributed by atoms with E-state index in [0.717, 1.165) is 16.6 Å². The lowest BCUT2D eigenvalue weighted by atomic mass is 9.62. The SMILES string of the molecule is COC(=O)C1(c2ccc(OC)c(S(=O)(=O)NC(=O)c3ccc4c(-c5ccccn5)cccc4n3)c2)CC(OC)C1. The number of methoxy groups -OCH3 is 3. The Morgan fingerprint density at radius 2 is 1.77 bits per heavy atom. The summed E-state index contributed by atoms with van der Waals surface area (Å²) >= 11 is 0. The smallest absolute Gasteiger partial charge is 0.316 e. The Morgan fingerprint density at radius 1 is 0.975 bits per heavy atom. The molecule has 0 saturated heterocycles. The summed E-state index contributed by atoms with van der Waals surface area (Å²) in [5.74, 6) is -1.40. The van der Waals surface area contributed by atoms with Crippen LogP contribution in [0.25, 0.3) is 22.2 Å². The van der Waals surface area contributed by atoms with Crippen LogP contribution in [0.15, 0.2) is 77.8 Å². The lowest BCUT2D eigenvalue weighted by molar-refractivity contribution is -0.158. The van der Waals surface area contributed by atoms with Crippen LogP contribution in [0.3, 0.4) is 0 Å². The van der Waals surface area contributed by atoms with Gasteiger partial charge in [-0.2, -0.15) is 0 Å². The van der Waals surface area contributed by atoms with Gasteiger partial charge in [-0.05, 0) is 60.9 Å². The van der Waals surface area contributed by atoms with Crippen molar-refractivity contribution >= 4 is 32.8 Å². The number of carbonyl (C=O) groups excluding carboxylic acids is 2. The number of nitrogens with zero attached hydrogens (tertiary/aromatic N) is 2. The molecule has 0 atom stereocenters. The van der Waals surface area contributed by atoms with E-state index in [2.05, 4.69) is 14.7 Å². The second kappa shape index (κ2) is 10.7. The zero-order valence-electron chi connectivity index (χ0n) is 22.1. The first-order valence-electron chi connectivity index (χ1n) is 12.4. The maximum atomic E-state index is 13.5. The molecule has 0 radical (unpaired) electrons. The fourth-order valence-corrected chi connectivity index (χ4v) is 6.20. The molecule has 0 unspecified atom stereocenters. The van der Waals surface area contributed by atoms with Crippen LogP contribution in [0.2, 0.25) is 0 Å². The molecule has 0 spiro atoms. The second-order valence-corrected chi connectivity index (χ2v) is 11.1. The monoisotopic (exact) mass is 561 g/mol. The van der Waals surface area contributed by atoms with Crippen molar-refractivity contribution in [3.63, 3.8) is 0 Å². The summed E-state index contributed by atoms with van der Waals surface area (Å²) in [5, 5.41) is 0.762. The molecule has 2 aromatic heterocycles.